The molecule has 0 amide bonds. The van der Waals surface area contributed by atoms with Gasteiger partial charge in [-0.1, -0.05) is 0 Å². The van der Waals surface area contributed by atoms with Crippen LogP contribution in [-0.2, 0) is 0 Å². The molecule has 0 aliphatic rings. The molecule has 0 N–H and O–H groups in total. The predicted molar refractivity (Wildman–Crippen MR) is 62.0 cm³/mol. The van der Waals surface area contributed by atoms with Crippen molar-refractivity contribution in [3.63, 3.8) is 0 Å². The Balaban J connectivity index is 2.56. The number of rotatable bonds is 5. The Morgan fingerprint density at radius 1 is 1.08 bits per heavy atom. The zero-order valence-corrected chi connectivity index (χ0v) is 11.6. The third-order valence-corrected chi connectivity index (χ3v) is 10.9. The molecular formula is C12H19Sn. The second kappa shape index (κ2) is 6.47. The van der Waals surface area contributed by atoms with E-state index < -0.39 is 19.8 Å². The maximum atomic E-state index is 2.37. The fraction of sp³-hybridized carbons (Fsp3) is 0.500. The fourth-order valence-electron chi connectivity index (χ4n) is 1.59. The van der Waals surface area contributed by atoms with E-state index in [4.69, 9.17) is 0 Å². The van der Waals surface area contributed by atoms with Crippen molar-refractivity contribution in [3.05, 3.63) is 30.3 Å². The minimum atomic E-state index is -1.16. The number of unbranched alkanes of at least 4 members (excludes halogenated alkanes) is 1. The first-order valence-electron chi connectivity index (χ1n) is 5.28. The summed E-state index contributed by atoms with van der Waals surface area (Å²) in [6.45, 7) is 4.67. The van der Waals surface area contributed by atoms with E-state index in [1.807, 2.05) is 0 Å². The third kappa shape index (κ3) is 3.72. The van der Waals surface area contributed by atoms with Gasteiger partial charge in [-0.05, 0) is 0 Å². The summed E-state index contributed by atoms with van der Waals surface area (Å²) >= 11 is -1.16. The first-order chi connectivity index (χ1) is 6.38. The zero-order chi connectivity index (χ0) is 9.52. The molecule has 1 aromatic carbocycles. The van der Waals surface area contributed by atoms with Crippen LogP contribution in [0.2, 0.25) is 8.87 Å². The molecule has 13 heavy (non-hydrogen) atoms. The van der Waals surface area contributed by atoms with E-state index in [1.165, 1.54) is 17.3 Å². The molecular weight excluding hydrogens is 263 g/mol. The number of benzene rings is 1. The van der Waals surface area contributed by atoms with Gasteiger partial charge in [-0.2, -0.15) is 0 Å². The summed E-state index contributed by atoms with van der Waals surface area (Å²) in [5, 5.41) is 0. The van der Waals surface area contributed by atoms with Gasteiger partial charge >= 0.3 is 89.2 Å². The summed E-state index contributed by atoms with van der Waals surface area (Å²) in [5.74, 6) is 0. The first-order valence-corrected chi connectivity index (χ1v) is 10.7. The average molecular weight is 282 g/mol. The van der Waals surface area contributed by atoms with E-state index in [2.05, 4.69) is 44.2 Å². The van der Waals surface area contributed by atoms with Crippen LogP contribution in [0.15, 0.2) is 30.3 Å². The monoisotopic (exact) mass is 283 g/mol. The van der Waals surface area contributed by atoms with Crippen molar-refractivity contribution in [1.29, 1.82) is 0 Å². The summed E-state index contributed by atoms with van der Waals surface area (Å²) in [6.07, 6.45) is 2.80. The Hall–Kier alpha value is 0.0187. The van der Waals surface area contributed by atoms with Gasteiger partial charge in [0.1, 0.15) is 0 Å². The Morgan fingerprint density at radius 2 is 1.77 bits per heavy atom. The van der Waals surface area contributed by atoms with Crippen molar-refractivity contribution in [3.8, 4) is 0 Å². The van der Waals surface area contributed by atoms with Crippen LogP contribution in [0.1, 0.15) is 26.7 Å². The standard InChI is InChI=1S/C6H5.C4H9.C2H5.Sn/c1-2-4-6-5-3-1;1-3-4-2;1-2;/h1-5H;1,3-4H2,2H3;1H2,2H3;. The van der Waals surface area contributed by atoms with Crippen LogP contribution in [0.25, 0.3) is 0 Å². The molecule has 0 fully saturated rings. The molecule has 1 heteroatoms. The van der Waals surface area contributed by atoms with Crippen molar-refractivity contribution in [1.82, 2.24) is 0 Å². The Morgan fingerprint density at radius 3 is 2.31 bits per heavy atom. The summed E-state index contributed by atoms with van der Waals surface area (Å²) in [4.78, 5) is 0. The summed E-state index contributed by atoms with van der Waals surface area (Å²) in [5.41, 5.74) is 0. The van der Waals surface area contributed by atoms with Crippen LogP contribution in [0.3, 0.4) is 0 Å². The number of hydrogen-bond acceptors (Lipinski definition) is 0. The molecule has 1 radical (unpaired) electrons. The van der Waals surface area contributed by atoms with Gasteiger partial charge in [0, 0.05) is 0 Å². The van der Waals surface area contributed by atoms with Gasteiger partial charge in [0.2, 0.25) is 0 Å². The Labute approximate surface area is 89.1 Å². The maximum absolute atomic E-state index is 2.37. The van der Waals surface area contributed by atoms with E-state index in [-0.39, 0.29) is 0 Å². The van der Waals surface area contributed by atoms with Crippen LogP contribution in [0, 0.1) is 0 Å². The SMILES string of the molecule is CCC[CH2][Sn]([CH2]C)[c]1ccccc1. The zero-order valence-electron chi connectivity index (χ0n) is 8.72. The second-order valence-electron chi connectivity index (χ2n) is 3.43. The first kappa shape index (κ1) is 11.1. The summed E-state index contributed by atoms with van der Waals surface area (Å²) < 4.78 is 4.71. The van der Waals surface area contributed by atoms with E-state index in [1.54, 1.807) is 8.02 Å². The average Bonchev–Trinajstić information content (AvgIpc) is 2.21. The van der Waals surface area contributed by atoms with Gasteiger partial charge in [0.05, 0.1) is 0 Å². The van der Waals surface area contributed by atoms with Gasteiger partial charge < -0.3 is 0 Å². The molecule has 0 spiro atoms. The molecule has 71 valence electrons. The van der Waals surface area contributed by atoms with Gasteiger partial charge in [-0.3, -0.25) is 0 Å². The summed E-state index contributed by atoms with van der Waals surface area (Å²) in [7, 11) is 0. The topological polar surface area (TPSA) is 0 Å². The molecule has 0 saturated heterocycles. The third-order valence-electron chi connectivity index (χ3n) is 2.44. The molecule has 0 heterocycles. The molecule has 0 nitrogen and oxygen atoms in total. The van der Waals surface area contributed by atoms with Gasteiger partial charge in [-0.15, -0.1) is 0 Å². The van der Waals surface area contributed by atoms with Crippen LogP contribution >= 0.6 is 0 Å². The van der Waals surface area contributed by atoms with E-state index in [0.717, 1.165) is 0 Å². The van der Waals surface area contributed by atoms with Gasteiger partial charge in [0.25, 0.3) is 0 Å². The quantitative estimate of drug-likeness (QED) is 0.727. The summed E-state index contributed by atoms with van der Waals surface area (Å²) in [6, 6.07) is 11.2. The molecule has 0 aliphatic carbocycles. The van der Waals surface area contributed by atoms with Crippen LogP contribution < -0.4 is 3.58 Å². The van der Waals surface area contributed by atoms with E-state index in [9.17, 15) is 0 Å². The Kier molecular flexibility index (Phi) is 5.52. The van der Waals surface area contributed by atoms with Crippen LogP contribution in [0.5, 0.6) is 0 Å². The van der Waals surface area contributed by atoms with E-state index >= 15 is 0 Å². The van der Waals surface area contributed by atoms with Crippen LogP contribution in [0.4, 0.5) is 0 Å². The fourth-order valence-corrected chi connectivity index (χ4v) is 8.71. The molecule has 0 atom stereocenters. The van der Waals surface area contributed by atoms with Crippen molar-refractivity contribution in [2.24, 2.45) is 0 Å². The van der Waals surface area contributed by atoms with Gasteiger partial charge in [0.15, 0.2) is 0 Å². The molecule has 0 unspecified atom stereocenters. The predicted octanol–water partition coefficient (Wildman–Crippen LogP) is 3.21. The number of hydrogen-bond donors (Lipinski definition) is 0. The van der Waals surface area contributed by atoms with Crippen molar-refractivity contribution >= 4 is 23.3 Å². The molecule has 1 rings (SSSR count). The van der Waals surface area contributed by atoms with Crippen molar-refractivity contribution < 1.29 is 0 Å². The second-order valence-corrected chi connectivity index (χ2v) is 12.0. The minimum absolute atomic E-state index is 1.16. The molecule has 0 bridgehead atoms. The molecule has 0 aromatic heterocycles. The van der Waals surface area contributed by atoms with Crippen molar-refractivity contribution in [2.45, 2.75) is 35.6 Å². The Bertz CT molecular complexity index is 218. The van der Waals surface area contributed by atoms with Crippen LogP contribution in [-0.4, -0.2) is 19.8 Å². The van der Waals surface area contributed by atoms with Crippen molar-refractivity contribution in [2.75, 3.05) is 0 Å². The van der Waals surface area contributed by atoms with E-state index in [0.29, 0.717) is 0 Å². The molecule has 0 aliphatic heterocycles. The van der Waals surface area contributed by atoms with Gasteiger partial charge in [-0.25, -0.2) is 0 Å². The molecule has 1 aromatic rings. The normalized spacial score (nSPS) is 10.7. The molecule has 0 saturated carbocycles.